The fourth-order valence-electron chi connectivity index (χ4n) is 1.82. The molecule has 0 aromatic heterocycles. The van der Waals surface area contributed by atoms with Crippen molar-refractivity contribution in [1.82, 2.24) is 0 Å². The van der Waals surface area contributed by atoms with Crippen molar-refractivity contribution in [3.8, 4) is 0 Å². The number of ether oxygens (including phenoxy) is 2. The van der Waals surface area contributed by atoms with Gasteiger partial charge in [0.1, 0.15) is 12.7 Å². The standard InChI is InChI=1S/C11H21NO3/c12-7-8-14-9-11(13)15-10-5-3-1-2-4-6-10/h10H,1-9,12H2. The first-order valence-electron chi connectivity index (χ1n) is 5.80. The average Bonchev–Trinajstić information content (AvgIpc) is 2.47. The molecule has 0 aliphatic heterocycles. The molecular weight excluding hydrogens is 194 g/mol. The van der Waals surface area contributed by atoms with Crippen LogP contribution in [0.4, 0.5) is 0 Å². The molecule has 1 rings (SSSR count). The lowest BCUT2D eigenvalue weighted by Crippen LogP contribution is -2.22. The van der Waals surface area contributed by atoms with Gasteiger partial charge in [-0.2, -0.15) is 0 Å². The van der Waals surface area contributed by atoms with Gasteiger partial charge in [0, 0.05) is 6.54 Å². The van der Waals surface area contributed by atoms with E-state index >= 15 is 0 Å². The molecule has 1 aliphatic carbocycles. The first kappa shape index (κ1) is 12.5. The van der Waals surface area contributed by atoms with Crippen molar-refractivity contribution in [2.24, 2.45) is 5.73 Å². The molecular formula is C11H21NO3. The second kappa shape index (κ2) is 7.65. The van der Waals surface area contributed by atoms with Crippen molar-refractivity contribution in [3.05, 3.63) is 0 Å². The van der Waals surface area contributed by atoms with E-state index in [9.17, 15) is 4.79 Å². The molecule has 0 atom stereocenters. The topological polar surface area (TPSA) is 61.5 Å². The smallest absolute Gasteiger partial charge is 0.332 e. The first-order valence-corrected chi connectivity index (χ1v) is 5.80. The van der Waals surface area contributed by atoms with Crippen molar-refractivity contribution in [1.29, 1.82) is 0 Å². The summed E-state index contributed by atoms with van der Waals surface area (Å²) >= 11 is 0. The van der Waals surface area contributed by atoms with E-state index in [-0.39, 0.29) is 18.7 Å². The number of nitrogens with two attached hydrogens (primary N) is 1. The zero-order chi connectivity index (χ0) is 10.9. The molecule has 0 aromatic carbocycles. The van der Waals surface area contributed by atoms with E-state index in [0.29, 0.717) is 13.2 Å². The highest BCUT2D eigenvalue weighted by atomic mass is 16.6. The van der Waals surface area contributed by atoms with Crippen molar-refractivity contribution >= 4 is 5.97 Å². The first-order chi connectivity index (χ1) is 7.33. The van der Waals surface area contributed by atoms with Gasteiger partial charge in [-0.3, -0.25) is 0 Å². The quantitative estimate of drug-likeness (QED) is 0.425. The lowest BCUT2D eigenvalue weighted by molar-refractivity contribution is -0.154. The summed E-state index contributed by atoms with van der Waals surface area (Å²) in [5.74, 6) is -0.254. The van der Waals surface area contributed by atoms with Gasteiger partial charge in [-0.25, -0.2) is 4.79 Å². The van der Waals surface area contributed by atoms with Crippen LogP contribution in [0, 0.1) is 0 Å². The van der Waals surface area contributed by atoms with Crippen LogP contribution in [0.3, 0.4) is 0 Å². The minimum absolute atomic E-state index is 0.0354. The molecule has 0 amide bonds. The Hall–Kier alpha value is -0.610. The van der Waals surface area contributed by atoms with Crippen LogP contribution in [0.15, 0.2) is 0 Å². The zero-order valence-corrected chi connectivity index (χ0v) is 9.24. The molecule has 15 heavy (non-hydrogen) atoms. The van der Waals surface area contributed by atoms with Gasteiger partial charge in [0.15, 0.2) is 0 Å². The molecule has 0 bridgehead atoms. The van der Waals surface area contributed by atoms with Crippen LogP contribution in [-0.4, -0.2) is 31.8 Å². The van der Waals surface area contributed by atoms with Gasteiger partial charge in [0.2, 0.25) is 0 Å². The van der Waals surface area contributed by atoms with Crippen molar-refractivity contribution in [2.75, 3.05) is 19.8 Å². The fourth-order valence-corrected chi connectivity index (χ4v) is 1.82. The summed E-state index contributed by atoms with van der Waals surface area (Å²) in [7, 11) is 0. The Labute approximate surface area is 91.1 Å². The normalized spacial score (nSPS) is 18.5. The van der Waals surface area contributed by atoms with E-state index in [1.165, 1.54) is 25.7 Å². The Kier molecular flexibility index (Phi) is 6.36. The number of esters is 1. The number of rotatable bonds is 5. The van der Waals surface area contributed by atoms with Crippen LogP contribution >= 0.6 is 0 Å². The highest BCUT2D eigenvalue weighted by Crippen LogP contribution is 2.19. The van der Waals surface area contributed by atoms with Crippen LogP contribution in [0.5, 0.6) is 0 Å². The number of carbonyl (C=O) groups is 1. The van der Waals surface area contributed by atoms with Crippen LogP contribution in [-0.2, 0) is 14.3 Å². The maximum absolute atomic E-state index is 11.3. The Morgan fingerprint density at radius 3 is 2.47 bits per heavy atom. The number of carbonyl (C=O) groups excluding carboxylic acids is 1. The minimum Gasteiger partial charge on any atom is -0.461 e. The highest BCUT2D eigenvalue weighted by Gasteiger charge is 2.16. The van der Waals surface area contributed by atoms with Crippen LogP contribution in [0.1, 0.15) is 38.5 Å². The van der Waals surface area contributed by atoms with Crippen LogP contribution in [0.25, 0.3) is 0 Å². The molecule has 4 heteroatoms. The average molecular weight is 215 g/mol. The summed E-state index contributed by atoms with van der Waals surface area (Å²) in [6.07, 6.45) is 6.98. The van der Waals surface area contributed by atoms with E-state index < -0.39 is 0 Å². The summed E-state index contributed by atoms with van der Waals surface area (Å²) in [4.78, 5) is 11.3. The molecule has 1 saturated carbocycles. The van der Waals surface area contributed by atoms with Crippen molar-refractivity contribution < 1.29 is 14.3 Å². The zero-order valence-electron chi connectivity index (χ0n) is 9.24. The monoisotopic (exact) mass is 215 g/mol. The molecule has 0 aromatic rings. The summed E-state index contributed by atoms with van der Waals surface area (Å²) in [6.45, 7) is 0.893. The Morgan fingerprint density at radius 1 is 1.20 bits per heavy atom. The molecule has 1 aliphatic rings. The number of hydrogen-bond acceptors (Lipinski definition) is 4. The van der Waals surface area contributed by atoms with Crippen molar-refractivity contribution in [3.63, 3.8) is 0 Å². The second-order valence-electron chi connectivity index (χ2n) is 3.94. The van der Waals surface area contributed by atoms with Gasteiger partial charge >= 0.3 is 5.97 Å². The Morgan fingerprint density at radius 2 is 1.87 bits per heavy atom. The van der Waals surface area contributed by atoms with Gasteiger partial charge in [-0.15, -0.1) is 0 Å². The predicted octanol–water partition coefficient (Wildman–Crippen LogP) is 1.23. The lowest BCUT2D eigenvalue weighted by atomic mass is 10.1. The molecule has 4 nitrogen and oxygen atoms in total. The molecule has 88 valence electrons. The summed E-state index contributed by atoms with van der Waals surface area (Å²) in [6, 6.07) is 0. The van der Waals surface area contributed by atoms with E-state index in [2.05, 4.69) is 0 Å². The third-order valence-corrected chi connectivity index (χ3v) is 2.58. The molecule has 0 saturated heterocycles. The molecule has 1 fully saturated rings. The largest absolute Gasteiger partial charge is 0.461 e. The third-order valence-electron chi connectivity index (χ3n) is 2.58. The minimum atomic E-state index is -0.254. The van der Waals surface area contributed by atoms with Gasteiger partial charge in [-0.05, 0) is 25.7 Å². The maximum atomic E-state index is 11.3. The van der Waals surface area contributed by atoms with Crippen LogP contribution < -0.4 is 5.73 Å². The summed E-state index contributed by atoms with van der Waals surface area (Å²) in [5.41, 5.74) is 5.24. The van der Waals surface area contributed by atoms with Crippen LogP contribution in [0.2, 0.25) is 0 Å². The molecule has 0 heterocycles. The van der Waals surface area contributed by atoms with E-state index in [1.807, 2.05) is 0 Å². The molecule has 2 N–H and O–H groups in total. The SMILES string of the molecule is NCCOCC(=O)OC1CCCCCC1. The molecule has 0 unspecified atom stereocenters. The Bertz CT molecular complexity index is 177. The summed E-state index contributed by atoms with van der Waals surface area (Å²) < 4.78 is 10.3. The summed E-state index contributed by atoms with van der Waals surface area (Å²) in [5, 5.41) is 0. The Balaban J connectivity index is 2.12. The maximum Gasteiger partial charge on any atom is 0.332 e. The van der Waals surface area contributed by atoms with Gasteiger partial charge < -0.3 is 15.2 Å². The second-order valence-corrected chi connectivity index (χ2v) is 3.94. The predicted molar refractivity (Wildman–Crippen MR) is 57.5 cm³/mol. The molecule has 0 spiro atoms. The molecule has 0 radical (unpaired) electrons. The van der Waals surface area contributed by atoms with E-state index in [0.717, 1.165) is 12.8 Å². The van der Waals surface area contributed by atoms with Gasteiger partial charge in [0.25, 0.3) is 0 Å². The van der Waals surface area contributed by atoms with Gasteiger partial charge in [-0.1, -0.05) is 12.8 Å². The van der Waals surface area contributed by atoms with E-state index in [1.54, 1.807) is 0 Å². The lowest BCUT2D eigenvalue weighted by Gasteiger charge is -2.15. The van der Waals surface area contributed by atoms with E-state index in [4.69, 9.17) is 15.2 Å². The van der Waals surface area contributed by atoms with Gasteiger partial charge in [0.05, 0.1) is 6.61 Å². The fraction of sp³-hybridized carbons (Fsp3) is 0.909. The number of hydrogen-bond donors (Lipinski definition) is 1. The van der Waals surface area contributed by atoms with Crippen molar-refractivity contribution in [2.45, 2.75) is 44.6 Å². The highest BCUT2D eigenvalue weighted by molar-refractivity contribution is 5.70. The third kappa shape index (κ3) is 5.74.